The van der Waals surface area contributed by atoms with E-state index in [2.05, 4.69) is 10.6 Å². The molecule has 1 aliphatic rings. The van der Waals surface area contributed by atoms with E-state index in [9.17, 15) is 10.1 Å². The summed E-state index contributed by atoms with van der Waals surface area (Å²) in [5.41, 5.74) is 0.442. The fourth-order valence-electron chi connectivity index (χ4n) is 2.40. The summed E-state index contributed by atoms with van der Waals surface area (Å²) < 4.78 is 10.8. The smallest absolute Gasteiger partial charge is 0.333 e. The van der Waals surface area contributed by atoms with Crippen LogP contribution in [0.4, 0.5) is 11.4 Å². The average molecular weight is 295 g/mol. The molecule has 1 aromatic carbocycles. The molecule has 1 unspecified atom stereocenters. The maximum atomic E-state index is 11.4. The van der Waals surface area contributed by atoms with E-state index >= 15 is 0 Å². The third-order valence-corrected chi connectivity index (χ3v) is 3.45. The molecule has 0 amide bonds. The Morgan fingerprint density at radius 2 is 2.29 bits per heavy atom. The number of nitrogens with one attached hydrogen (secondary N) is 2. The summed E-state index contributed by atoms with van der Waals surface area (Å²) in [6.45, 7) is 3.85. The number of nitro groups is 1. The molecule has 7 heteroatoms. The number of anilines is 1. The highest BCUT2D eigenvalue weighted by Gasteiger charge is 2.30. The number of hydrogen-bond acceptors (Lipinski definition) is 6. The Bertz CT molecular complexity index is 495. The fourth-order valence-corrected chi connectivity index (χ4v) is 2.40. The molecule has 1 saturated heterocycles. The van der Waals surface area contributed by atoms with E-state index in [-0.39, 0.29) is 17.8 Å². The first-order valence-electron chi connectivity index (χ1n) is 7.07. The molecule has 116 valence electrons. The molecular weight excluding hydrogens is 274 g/mol. The van der Waals surface area contributed by atoms with Gasteiger partial charge in [-0.05, 0) is 18.6 Å². The highest BCUT2D eigenvalue weighted by atomic mass is 16.6. The van der Waals surface area contributed by atoms with Crippen molar-refractivity contribution in [3.05, 3.63) is 28.3 Å². The van der Waals surface area contributed by atoms with Crippen molar-refractivity contribution in [1.29, 1.82) is 0 Å². The quantitative estimate of drug-likeness (QED) is 0.589. The van der Waals surface area contributed by atoms with Crippen LogP contribution in [0.25, 0.3) is 0 Å². The summed E-state index contributed by atoms with van der Waals surface area (Å²) in [5, 5.41) is 17.8. The van der Waals surface area contributed by atoms with E-state index in [0.717, 1.165) is 13.0 Å². The molecule has 1 heterocycles. The molecule has 0 aromatic heterocycles. The van der Waals surface area contributed by atoms with Crippen LogP contribution in [0, 0.1) is 10.1 Å². The van der Waals surface area contributed by atoms with Gasteiger partial charge in [0.2, 0.25) is 0 Å². The Kier molecular flexibility index (Phi) is 5.35. The van der Waals surface area contributed by atoms with Gasteiger partial charge in [-0.3, -0.25) is 10.1 Å². The molecule has 0 saturated carbocycles. The second-order valence-corrected chi connectivity index (χ2v) is 4.94. The molecule has 1 fully saturated rings. The maximum absolute atomic E-state index is 11.4. The van der Waals surface area contributed by atoms with Crippen molar-refractivity contribution in [2.75, 3.05) is 32.1 Å². The van der Waals surface area contributed by atoms with Crippen LogP contribution in [0.3, 0.4) is 0 Å². The third-order valence-electron chi connectivity index (χ3n) is 3.45. The van der Waals surface area contributed by atoms with E-state index in [0.29, 0.717) is 24.6 Å². The van der Waals surface area contributed by atoms with Crippen LogP contribution < -0.4 is 15.4 Å². The maximum Gasteiger partial charge on any atom is 0.333 e. The van der Waals surface area contributed by atoms with Crippen molar-refractivity contribution in [2.45, 2.75) is 25.5 Å². The highest BCUT2D eigenvalue weighted by molar-refractivity contribution is 5.69. The summed E-state index contributed by atoms with van der Waals surface area (Å²) in [6.07, 6.45) is 0.789. The summed E-state index contributed by atoms with van der Waals surface area (Å²) >= 11 is 0. The minimum Gasteiger partial charge on any atom is -0.487 e. The van der Waals surface area contributed by atoms with Crippen LogP contribution in [-0.4, -0.2) is 43.9 Å². The molecule has 7 nitrogen and oxygen atoms in total. The zero-order valence-corrected chi connectivity index (χ0v) is 12.3. The fraction of sp³-hybridized carbons (Fsp3) is 0.571. The van der Waals surface area contributed by atoms with Crippen molar-refractivity contribution in [3.63, 3.8) is 0 Å². The Balaban J connectivity index is 2.23. The van der Waals surface area contributed by atoms with Gasteiger partial charge in [0.05, 0.1) is 23.7 Å². The standard InChI is InChI=1S/C14H21N3O4/c1-3-7-21-12-6-4-5-10(14(12)17(18)19)16-11-8-15-9-13(11)20-2/h4-6,11,13,15-16H,3,7-9H2,1-2H3/t11?,13-/m0/s1. The molecule has 0 spiro atoms. The van der Waals surface area contributed by atoms with Gasteiger partial charge in [-0.25, -0.2) is 0 Å². The lowest BCUT2D eigenvalue weighted by atomic mass is 10.1. The molecule has 2 atom stereocenters. The summed E-state index contributed by atoms with van der Waals surface area (Å²) in [6, 6.07) is 5.07. The second kappa shape index (κ2) is 7.24. The van der Waals surface area contributed by atoms with E-state index < -0.39 is 4.92 Å². The first-order valence-corrected chi connectivity index (χ1v) is 7.07. The van der Waals surface area contributed by atoms with Gasteiger partial charge >= 0.3 is 5.69 Å². The summed E-state index contributed by atoms with van der Waals surface area (Å²) in [5.74, 6) is 0.298. The van der Waals surface area contributed by atoms with E-state index in [4.69, 9.17) is 9.47 Å². The van der Waals surface area contributed by atoms with Crippen molar-refractivity contribution < 1.29 is 14.4 Å². The molecule has 1 aliphatic heterocycles. The largest absolute Gasteiger partial charge is 0.487 e. The zero-order valence-electron chi connectivity index (χ0n) is 12.3. The number of benzene rings is 1. The minimum atomic E-state index is -0.405. The summed E-state index contributed by atoms with van der Waals surface area (Å²) in [4.78, 5) is 11.0. The molecule has 1 aromatic rings. The topological polar surface area (TPSA) is 85.7 Å². The van der Waals surface area contributed by atoms with E-state index in [1.807, 2.05) is 6.92 Å². The lowest BCUT2D eigenvalue weighted by Crippen LogP contribution is -2.33. The Morgan fingerprint density at radius 1 is 1.48 bits per heavy atom. The Labute approximate surface area is 123 Å². The lowest BCUT2D eigenvalue weighted by Gasteiger charge is -2.20. The SMILES string of the molecule is CCCOc1cccc(NC2CNC[C@@H]2OC)c1[N+](=O)[O-]. The number of nitrogens with zero attached hydrogens (tertiary/aromatic N) is 1. The normalized spacial score (nSPS) is 21.2. The number of methoxy groups -OCH3 is 1. The van der Waals surface area contributed by atoms with Gasteiger partial charge < -0.3 is 20.1 Å². The van der Waals surface area contributed by atoms with Crippen molar-refractivity contribution in [1.82, 2.24) is 5.32 Å². The van der Waals surface area contributed by atoms with Crippen LogP contribution >= 0.6 is 0 Å². The van der Waals surface area contributed by atoms with Gasteiger partial charge in [-0.2, -0.15) is 0 Å². The van der Waals surface area contributed by atoms with E-state index in [1.54, 1.807) is 25.3 Å². The van der Waals surface area contributed by atoms with Crippen LogP contribution in [0.5, 0.6) is 5.75 Å². The number of para-hydroxylation sites is 1. The van der Waals surface area contributed by atoms with Gasteiger partial charge in [0.15, 0.2) is 5.75 Å². The van der Waals surface area contributed by atoms with Gasteiger partial charge in [0, 0.05) is 20.2 Å². The van der Waals surface area contributed by atoms with Crippen molar-refractivity contribution >= 4 is 11.4 Å². The predicted octanol–water partition coefficient (Wildman–Crippen LogP) is 1.78. The second-order valence-electron chi connectivity index (χ2n) is 4.94. The summed E-state index contributed by atoms with van der Waals surface area (Å²) in [7, 11) is 1.64. The van der Waals surface area contributed by atoms with E-state index in [1.165, 1.54) is 0 Å². The van der Waals surface area contributed by atoms with Crippen LogP contribution in [0.1, 0.15) is 13.3 Å². The number of nitro benzene ring substituents is 1. The number of hydrogen-bond donors (Lipinski definition) is 2. The molecule has 2 N–H and O–H groups in total. The predicted molar refractivity (Wildman–Crippen MR) is 80.0 cm³/mol. The number of rotatable bonds is 7. The third kappa shape index (κ3) is 3.62. The highest BCUT2D eigenvalue weighted by Crippen LogP contribution is 2.35. The van der Waals surface area contributed by atoms with Crippen LogP contribution in [0.15, 0.2) is 18.2 Å². The van der Waals surface area contributed by atoms with Gasteiger partial charge in [-0.1, -0.05) is 13.0 Å². The monoisotopic (exact) mass is 295 g/mol. The lowest BCUT2D eigenvalue weighted by molar-refractivity contribution is -0.385. The Morgan fingerprint density at radius 3 is 2.95 bits per heavy atom. The minimum absolute atomic E-state index is 0.00451. The molecule has 0 radical (unpaired) electrons. The van der Waals surface area contributed by atoms with Crippen LogP contribution in [0.2, 0.25) is 0 Å². The average Bonchev–Trinajstić information content (AvgIpc) is 2.92. The first kappa shape index (κ1) is 15.5. The molecular formula is C14H21N3O4. The zero-order chi connectivity index (χ0) is 15.2. The van der Waals surface area contributed by atoms with Gasteiger partial charge in [0.1, 0.15) is 5.69 Å². The number of ether oxygens (including phenoxy) is 2. The molecule has 0 bridgehead atoms. The Hall–Kier alpha value is -1.86. The van der Waals surface area contributed by atoms with Crippen molar-refractivity contribution in [3.8, 4) is 5.75 Å². The molecule has 2 rings (SSSR count). The van der Waals surface area contributed by atoms with Crippen molar-refractivity contribution in [2.24, 2.45) is 0 Å². The van der Waals surface area contributed by atoms with Gasteiger partial charge in [0.25, 0.3) is 0 Å². The van der Waals surface area contributed by atoms with Gasteiger partial charge in [-0.15, -0.1) is 0 Å². The van der Waals surface area contributed by atoms with Crippen LogP contribution in [-0.2, 0) is 4.74 Å². The molecule has 21 heavy (non-hydrogen) atoms. The first-order chi connectivity index (χ1) is 10.2. The molecule has 0 aliphatic carbocycles.